The summed E-state index contributed by atoms with van der Waals surface area (Å²) in [6.45, 7) is 1.87. The topological polar surface area (TPSA) is 77.8 Å². The van der Waals surface area contributed by atoms with Crippen LogP contribution < -0.4 is 14.9 Å². The van der Waals surface area contributed by atoms with Crippen LogP contribution in [0.3, 0.4) is 0 Å². The predicted molar refractivity (Wildman–Crippen MR) is 96.0 cm³/mol. The van der Waals surface area contributed by atoms with E-state index in [2.05, 4.69) is 0 Å². The number of fused-ring (bicyclic) bond motifs is 2. The second kappa shape index (κ2) is 6.22. The second-order valence-corrected chi connectivity index (χ2v) is 6.34. The molecule has 2 aromatic carbocycles. The summed E-state index contributed by atoms with van der Waals surface area (Å²) < 4.78 is 12.3. The number of hydrogen-bond acceptors (Lipinski definition) is 4. The van der Waals surface area contributed by atoms with Gasteiger partial charge < -0.3 is 19.1 Å². The summed E-state index contributed by atoms with van der Waals surface area (Å²) in [5.74, 6) is 0.392. The van der Waals surface area contributed by atoms with Gasteiger partial charge in [-0.2, -0.15) is 0 Å². The zero-order valence-electron chi connectivity index (χ0n) is 14.2. The van der Waals surface area contributed by atoms with E-state index in [9.17, 15) is 14.7 Å². The Morgan fingerprint density at radius 3 is 2.81 bits per heavy atom. The standard InChI is InChI=1S/C20H17NO5/c1-12-3-2-4-15-19(12)21(10-18(22)23)9-14(20(15)24)7-13-5-6-16-17(8-13)26-11-25-16/h2-6,8-9H,7,10-11H2,1H3,(H,22,23). The molecule has 0 aliphatic carbocycles. The SMILES string of the molecule is Cc1cccc2c(=O)c(Cc3ccc4c(c3)OCO4)cn(CC(=O)O)c12. The zero-order valence-corrected chi connectivity index (χ0v) is 14.2. The van der Waals surface area contributed by atoms with Gasteiger partial charge in [-0.1, -0.05) is 18.2 Å². The van der Waals surface area contributed by atoms with Crippen LogP contribution in [0.2, 0.25) is 0 Å². The number of carboxylic acids is 1. The third-order valence-corrected chi connectivity index (χ3v) is 4.51. The van der Waals surface area contributed by atoms with Crippen molar-refractivity contribution in [3.05, 3.63) is 69.5 Å². The maximum absolute atomic E-state index is 12.9. The van der Waals surface area contributed by atoms with Gasteiger partial charge in [0.15, 0.2) is 16.9 Å². The molecule has 0 amide bonds. The molecule has 1 aromatic heterocycles. The summed E-state index contributed by atoms with van der Waals surface area (Å²) in [7, 11) is 0. The Morgan fingerprint density at radius 2 is 2.00 bits per heavy atom. The molecule has 132 valence electrons. The normalized spacial score (nSPS) is 12.5. The van der Waals surface area contributed by atoms with Gasteiger partial charge in [0, 0.05) is 23.6 Å². The van der Waals surface area contributed by atoms with Gasteiger partial charge in [-0.05, 0) is 36.2 Å². The first-order valence-electron chi connectivity index (χ1n) is 8.25. The molecule has 0 radical (unpaired) electrons. The highest BCUT2D eigenvalue weighted by atomic mass is 16.7. The van der Waals surface area contributed by atoms with Gasteiger partial charge >= 0.3 is 5.97 Å². The first-order valence-corrected chi connectivity index (χ1v) is 8.25. The molecule has 0 unspecified atom stereocenters. The largest absolute Gasteiger partial charge is 0.480 e. The number of aryl methyl sites for hydroxylation is 1. The van der Waals surface area contributed by atoms with Crippen LogP contribution in [-0.2, 0) is 17.8 Å². The van der Waals surface area contributed by atoms with Gasteiger partial charge in [0.2, 0.25) is 6.79 Å². The molecule has 0 atom stereocenters. The summed E-state index contributed by atoms with van der Waals surface area (Å²) >= 11 is 0. The van der Waals surface area contributed by atoms with E-state index in [-0.39, 0.29) is 18.8 Å². The van der Waals surface area contributed by atoms with Gasteiger partial charge in [-0.25, -0.2) is 0 Å². The molecule has 6 nitrogen and oxygen atoms in total. The van der Waals surface area contributed by atoms with E-state index in [1.165, 1.54) is 0 Å². The van der Waals surface area contributed by atoms with Crippen molar-refractivity contribution in [2.45, 2.75) is 19.9 Å². The summed E-state index contributed by atoms with van der Waals surface area (Å²) in [6, 6.07) is 11.0. The van der Waals surface area contributed by atoms with Crippen LogP contribution in [0.5, 0.6) is 11.5 Å². The predicted octanol–water partition coefficient (Wildman–Crippen LogP) is 2.71. The highest BCUT2D eigenvalue weighted by molar-refractivity contribution is 5.84. The van der Waals surface area contributed by atoms with Crippen LogP contribution in [-0.4, -0.2) is 22.4 Å². The molecule has 1 aliphatic rings. The average Bonchev–Trinajstić information content (AvgIpc) is 3.06. The van der Waals surface area contributed by atoms with Crippen molar-refractivity contribution in [3.63, 3.8) is 0 Å². The van der Waals surface area contributed by atoms with E-state index in [1.807, 2.05) is 37.3 Å². The van der Waals surface area contributed by atoms with E-state index in [1.54, 1.807) is 16.8 Å². The number of para-hydroxylation sites is 1. The Bertz CT molecular complexity index is 1080. The summed E-state index contributed by atoms with van der Waals surface area (Å²) in [4.78, 5) is 24.2. The number of carbonyl (C=O) groups is 1. The van der Waals surface area contributed by atoms with E-state index in [0.29, 0.717) is 34.4 Å². The minimum atomic E-state index is -0.952. The summed E-state index contributed by atoms with van der Waals surface area (Å²) in [5, 5.41) is 9.78. The van der Waals surface area contributed by atoms with Crippen LogP contribution >= 0.6 is 0 Å². The molecule has 4 rings (SSSR count). The van der Waals surface area contributed by atoms with Crippen molar-refractivity contribution in [2.75, 3.05) is 6.79 Å². The van der Waals surface area contributed by atoms with E-state index < -0.39 is 5.97 Å². The lowest BCUT2D eigenvalue weighted by atomic mass is 10.0. The fourth-order valence-electron chi connectivity index (χ4n) is 3.37. The fourth-order valence-corrected chi connectivity index (χ4v) is 3.37. The molecule has 0 saturated heterocycles. The number of pyridine rings is 1. The number of benzene rings is 2. The van der Waals surface area contributed by atoms with Gasteiger partial charge in [0.1, 0.15) is 6.54 Å². The molecular weight excluding hydrogens is 334 g/mol. The molecular formula is C20H17NO5. The molecule has 0 fully saturated rings. The van der Waals surface area contributed by atoms with Crippen molar-refractivity contribution in [3.8, 4) is 11.5 Å². The molecule has 0 saturated carbocycles. The minimum absolute atomic E-state index is 0.0806. The van der Waals surface area contributed by atoms with Crippen molar-refractivity contribution >= 4 is 16.9 Å². The van der Waals surface area contributed by atoms with Crippen LogP contribution in [0.1, 0.15) is 16.7 Å². The number of aromatic nitrogens is 1. The van der Waals surface area contributed by atoms with E-state index in [4.69, 9.17) is 9.47 Å². The quantitative estimate of drug-likeness (QED) is 0.782. The lowest BCUT2D eigenvalue weighted by Gasteiger charge is -2.14. The molecule has 0 bridgehead atoms. The highest BCUT2D eigenvalue weighted by Crippen LogP contribution is 2.33. The summed E-state index contributed by atoms with van der Waals surface area (Å²) in [6.07, 6.45) is 2.04. The Balaban J connectivity index is 1.83. The van der Waals surface area contributed by atoms with E-state index in [0.717, 1.165) is 11.1 Å². The van der Waals surface area contributed by atoms with Crippen molar-refractivity contribution < 1.29 is 19.4 Å². The zero-order chi connectivity index (χ0) is 18.3. The maximum atomic E-state index is 12.9. The number of aliphatic carboxylic acids is 1. The Kier molecular flexibility index (Phi) is 3.88. The van der Waals surface area contributed by atoms with Crippen LogP contribution in [0.25, 0.3) is 10.9 Å². The number of carboxylic acid groups (broad SMARTS) is 1. The van der Waals surface area contributed by atoms with Crippen molar-refractivity contribution in [1.29, 1.82) is 0 Å². The fraction of sp³-hybridized carbons (Fsp3) is 0.200. The van der Waals surface area contributed by atoms with Gasteiger partial charge in [0.25, 0.3) is 0 Å². The Hall–Kier alpha value is -3.28. The molecule has 6 heteroatoms. The lowest BCUT2D eigenvalue weighted by Crippen LogP contribution is -2.18. The highest BCUT2D eigenvalue weighted by Gasteiger charge is 2.16. The van der Waals surface area contributed by atoms with Gasteiger partial charge in [0.05, 0.1) is 5.52 Å². The van der Waals surface area contributed by atoms with Crippen LogP contribution in [0.15, 0.2) is 47.4 Å². The molecule has 1 N–H and O–H groups in total. The summed E-state index contributed by atoms with van der Waals surface area (Å²) in [5.41, 5.74) is 2.90. The Labute approximate surface area is 149 Å². The van der Waals surface area contributed by atoms with Crippen LogP contribution in [0, 0.1) is 6.92 Å². The number of nitrogens with zero attached hydrogens (tertiary/aromatic N) is 1. The van der Waals surface area contributed by atoms with E-state index >= 15 is 0 Å². The first kappa shape index (κ1) is 16.2. The van der Waals surface area contributed by atoms with Gasteiger partial charge in [-0.15, -0.1) is 0 Å². The third-order valence-electron chi connectivity index (χ3n) is 4.51. The number of ether oxygens (including phenoxy) is 2. The number of rotatable bonds is 4. The maximum Gasteiger partial charge on any atom is 0.323 e. The Morgan fingerprint density at radius 1 is 1.19 bits per heavy atom. The molecule has 3 aromatic rings. The molecule has 0 spiro atoms. The number of hydrogen-bond donors (Lipinski definition) is 1. The molecule has 2 heterocycles. The first-order chi connectivity index (χ1) is 12.5. The molecule has 26 heavy (non-hydrogen) atoms. The lowest BCUT2D eigenvalue weighted by molar-refractivity contribution is -0.137. The van der Waals surface area contributed by atoms with Crippen molar-refractivity contribution in [2.24, 2.45) is 0 Å². The monoisotopic (exact) mass is 351 g/mol. The third kappa shape index (κ3) is 2.79. The second-order valence-electron chi connectivity index (χ2n) is 6.34. The average molecular weight is 351 g/mol. The van der Waals surface area contributed by atoms with Crippen LogP contribution in [0.4, 0.5) is 0 Å². The smallest absolute Gasteiger partial charge is 0.323 e. The van der Waals surface area contributed by atoms with Crippen molar-refractivity contribution in [1.82, 2.24) is 4.57 Å². The minimum Gasteiger partial charge on any atom is -0.480 e. The van der Waals surface area contributed by atoms with Gasteiger partial charge in [-0.3, -0.25) is 9.59 Å². The molecule has 1 aliphatic heterocycles.